The Morgan fingerprint density at radius 3 is 1.91 bits per heavy atom. The van der Waals surface area contributed by atoms with Crippen molar-refractivity contribution in [1.29, 1.82) is 0 Å². The maximum Gasteiger partial charge on any atom is 0.323 e. The smallest absolute Gasteiger partial charge is 0.323 e. The molecule has 0 amide bonds. The molecule has 0 aromatic rings. The van der Waals surface area contributed by atoms with Crippen molar-refractivity contribution >= 4 is 11.9 Å². The zero-order valence-corrected chi connectivity index (χ0v) is 13.4. The molecule has 22 heavy (non-hydrogen) atoms. The standard InChI is InChI=1S/C17H29NO4/c18-15(17(20)22-14-9-5-2-6-10-14)11-12-16(19)21-13-7-3-1-4-8-13/h13-15H,1-12,18H2. The number of ether oxygens (including phenoxy) is 2. The summed E-state index contributed by atoms with van der Waals surface area (Å²) in [6.07, 6.45) is 11.3. The van der Waals surface area contributed by atoms with Crippen molar-refractivity contribution in [3.63, 3.8) is 0 Å². The minimum absolute atomic E-state index is 0.0153. The summed E-state index contributed by atoms with van der Waals surface area (Å²) in [6, 6.07) is -0.721. The molecular weight excluding hydrogens is 282 g/mol. The Kier molecular flexibility index (Phi) is 7.16. The average Bonchev–Trinajstić information content (AvgIpc) is 2.54. The highest BCUT2D eigenvalue weighted by molar-refractivity contribution is 5.77. The Labute approximate surface area is 132 Å². The number of rotatable bonds is 6. The van der Waals surface area contributed by atoms with Gasteiger partial charge in [-0.2, -0.15) is 0 Å². The molecule has 0 heterocycles. The molecule has 0 bridgehead atoms. The summed E-state index contributed by atoms with van der Waals surface area (Å²) < 4.78 is 10.8. The van der Waals surface area contributed by atoms with E-state index in [0.29, 0.717) is 6.42 Å². The second-order valence-electron chi connectivity index (χ2n) is 6.59. The van der Waals surface area contributed by atoms with Crippen molar-refractivity contribution in [1.82, 2.24) is 0 Å². The normalized spacial score (nSPS) is 22.0. The van der Waals surface area contributed by atoms with Crippen molar-refractivity contribution < 1.29 is 19.1 Å². The van der Waals surface area contributed by atoms with Crippen LogP contribution in [0.5, 0.6) is 0 Å². The second-order valence-corrected chi connectivity index (χ2v) is 6.59. The summed E-state index contributed by atoms with van der Waals surface area (Å²) >= 11 is 0. The van der Waals surface area contributed by atoms with E-state index in [9.17, 15) is 9.59 Å². The topological polar surface area (TPSA) is 78.6 Å². The molecule has 0 aliphatic heterocycles. The van der Waals surface area contributed by atoms with Crippen LogP contribution in [0.4, 0.5) is 0 Å². The summed E-state index contributed by atoms with van der Waals surface area (Å²) in [5.41, 5.74) is 5.83. The predicted molar refractivity (Wildman–Crippen MR) is 83.1 cm³/mol. The molecule has 2 aliphatic carbocycles. The number of esters is 2. The molecule has 0 radical (unpaired) electrons. The molecule has 0 spiro atoms. The van der Waals surface area contributed by atoms with E-state index in [1.54, 1.807) is 0 Å². The van der Waals surface area contributed by atoms with Crippen molar-refractivity contribution in [2.75, 3.05) is 0 Å². The molecule has 1 unspecified atom stereocenters. The summed E-state index contributed by atoms with van der Waals surface area (Å²) in [5, 5.41) is 0. The van der Waals surface area contributed by atoms with Gasteiger partial charge in [0.15, 0.2) is 0 Å². The van der Waals surface area contributed by atoms with Gasteiger partial charge < -0.3 is 15.2 Å². The summed E-state index contributed by atoms with van der Waals surface area (Å²) in [5.74, 6) is -0.620. The molecule has 0 aromatic heterocycles. The lowest BCUT2D eigenvalue weighted by atomic mass is 9.97. The highest BCUT2D eigenvalue weighted by Gasteiger charge is 2.24. The maximum absolute atomic E-state index is 11.9. The van der Waals surface area contributed by atoms with Crippen LogP contribution in [0.2, 0.25) is 0 Å². The first-order valence-corrected chi connectivity index (χ1v) is 8.80. The maximum atomic E-state index is 11.9. The molecule has 5 heteroatoms. The van der Waals surface area contributed by atoms with Gasteiger partial charge in [0.2, 0.25) is 0 Å². The van der Waals surface area contributed by atoms with Gasteiger partial charge >= 0.3 is 11.9 Å². The van der Waals surface area contributed by atoms with E-state index in [2.05, 4.69) is 0 Å². The van der Waals surface area contributed by atoms with Crippen molar-refractivity contribution in [2.24, 2.45) is 5.73 Å². The number of hydrogen-bond donors (Lipinski definition) is 1. The fourth-order valence-corrected chi connectivity index (χ4v) is 3.25. The minimum atomic E-state index is -0.721. The number of carbonyl (C=O) groups is 2. The zero-order chi connectivity index (χ0) is 15.8. The Hall–Kier alpha value is -1.10. The molecule has 1 atom stereocenters. The second kappa shape index (κ2) is 9.13. The molecule has 126 valence electrons. The molecule has 2 N–H and O–H groups in total. The van der Waals surface area contributed by atoms with E-state index in [4.69, 9.17) is 15.2 Å². The van der Waals surface area contributed by atoms with Crippen molar-refractivity contribution in [2.45, 2.75) is 95.3 Å². The van der Waals surface area contributed by atoms with Gasteiger partial charge in [0.1, 0.15) is 18.2 Å². The van der Waals surface area contributed by atoms with Crippen LogP contribution in [0.1, 0.15) is 77.0 Å². The van der Waals surface area contributed by atoms with Crippen molar-refractivity contribution in [3.8, 4) is 0 Å². The number of hydrogen-bond acceptors (Lipinski definition) is 5. The largest absolute Gasteiger partial charge is 0.462 e. The molecule has 5 nitrogen and oxygen atoms in total. The van der Waals surface area contributed by atoms with Gasteiger partial charge in [0.05, 0.1) is 0 Å². The lowest BCUT2D eigenvalue weighted by molar-refractivity contribution is -0.153. The number of nitrogens with two attached hydrogens (primary N) is 1. The summed E-state index contributed by atoms with van der Waals surface area (Å²) in [6.45, 7) is 0. The zero-order valence-electron chi connectivity index (χ0n) is 13.4. The third-order valence-electron chi connectivity index (χ3n) is 4.65. The Bertz CT molecular complexity index is 360. The van der Waals surface area contributed by atoms with Gasteiger partial charge in [-0.3, -0.25) is 9.59 Å². The van der Waals surface area contributed by atoms with E-state index in [1.807, 2.05) is 0 Å². The van der Waals surface area contributed by atoms with Crippen LogP contribution in [0.15, 0.2) is 0 Å². The SMILES string of the molecule is NC(CCC(=O)OC1CCCCC1)C(=O)OC1CCCCC1. The van der Waals surface area contributed by atoms with Gasteiger partial charge in [-0.25, -0.2) is 0 Å². The minimum Gasteiger partial charge on any atom is -0.462 e. The van der Waals surface area contributed by atoms with E-state index < -0.39 is 6.04 Å². The van der Waals surface area contributed by atoms with Crippen LogP contribution in [-0.4, -0.2) is 30.2 Å². The Morgan fingerprint density at radius 1 is 0.864 bits per heavy atom. The van der Waals surface area contributed by atoms with Crippen LogP contribution in [-0.2, 0) is 19.1 Å². The highest BCUT2D eigenvalue weighted by Crippen LogP contribution is 2.22. The third-order valence-corrected chi connectivity index (χ3v) is 4.65. The lowest BCUT2D eigenvalue weighted by Crippen LogP contribution is -2.36. The van der Waals surface area contributed by atoms with Gasteiger partial charge in [-0.1, -0.05) is 12.8 Å². The van der Waals surface area contributed by atoms with Crippen LogP contribution in [0, 0.1) is 0 Å². The number of carbonyl (C=O) groups excluding carboxylic acids is 2. The Balaban J connectivity index is 1.61. The van der Waals surface area contributed by atoms with E-state index in [0.717, 1.165) is 51.4 Å². The first-order valence-electron chi connectivity index (χ1n) is 8.80. The Morgan fingerprint density at radius 2 is 1.36 bits per heavy atom. The van der Waals surface area contributed by atoms with Crippen molar-refractivity contribution in [3.05, 3.63) is 0 Å². The molecule has 0 saturated heterocycles. The van der Waals surface area contributed by atoms with Crippen LogP contribution >= 0.6 is 0 Å². The fourth-order valence-electron chi connectivity index (χ4n) is 3.25. The van der Waals surface area contributed by atoms with E-state index in [-0.39, 0.29) is 30.6 Å². The lowest BCUT2D eigenvalue weighted by Gasteiger charge is -2.24. The van der Waals surface area contributed by atoms with Gasteiger partial charge in [-0.05, 0) is 57.8 Å². The molecule has 2 aliphatic rings. The highest BCUT2D eigenvalue weighted by atomic mass is 16.5. The van der Waals surface area contributed by atoms with E-state index in [1.165, 1.54) is 12.8 Å². The third kappa shape index (κ3) is 5.95. The summed E-state index contributed by atoms with van der Waals surface area (Å²) in [7, 11) is 0. The molecule has 2 rings (SSSR count). The van der Waals surface area contributed by atoms with Crippen LogP contribution in [0.25, 0.3) is 0 Å². The summed E-state index contributed by atoms with van der Waals surface area (Å²) in [4.78, 5) is 23.7. The van der Waals surface area contributed by atoms with Crippen LogP contribution < -0.4 is 5.73 Å². The molecule has 0 aromatic carbocycles. The fraction of sp³-hybridized carbons (Fsp3) is 0.882. The van der Waals surface area contributed by atoms with E-state index >= 15 is 0 Å². The molecule has 2 fully saturated rings. The first-order chi connectivity index (χ1) is 10.6. The van der Waals surface area contributed by atoms with Gasteiger partial charge in [0.25, 0.3) is 0 Å². The van der Waals surface area contributed by atoms with Gasteiger partial charge in [0, 0.05) is 6.42 Å². The van der Waals surface area contributed by atoms with Crippen LogP contribution in [0.3, 0.4) is 0 Å². The molecular formula is C17H29NO4. The quantitative estimate of drug-likeness (QED) is 0.763. The predicted octanol–water partition coefficient (Wildman–Crippen LogP) is 2.85. The average molecular weight is 311 g/mol. The first kappa shape index (κ1) is 17.3. The monoisotopic (exact) mass is 311 g/mol. The molecule has 2 saturated carbocycles. The van der Waals surface area contributed by atoms with Gasteiger partial charge in [-0.15, -0.1) is 0 Å².